The molecule has 1 aliphatic heterocycles. The summed E-state index contributed by atoms with van der Waals surface area (Å²) in [7, 11) is 0. The molecule has 4 heteroatoms. The topological polar surface area (TPSA) is 37.9 Å². The zero-order chi connectivity index (χ0) is 13.2. The first-order valence-electron chi connectivity index (χ1n) is 6.46. The van der Waals surface area contributed by atoms with Crippen LogP contribution in [0.4, 0.5) is 0 Å². The summed E-state index contributed by atoms with van der Waals surface area (Å²) in [6, 6.07) is 8.48. The smallest absolute Gasteiger partial charge is 0.135 e. The molecule has 1 N–H and O–H groups in total. The van der Waals surface area contributed by atoms with Gasteiger partial charge in [0.2, 0.25) is 0 Å². The molecule has 1 aromatic heterocycles. The van der Waals surface area contributed by atoms with E-state index in [4.69, 9.17) is 17.0 Å². The number of fused-ring (bicyclic) bond motifs is 1. The number of nitrogens with zero attached hydrogens (tertiary/aromatic N) is 1. The van der Waals surface area contributed by atoms with Crippen molar-refractivity contribution in [3.05, 3.63) is 57.1 Å². The van der Waals surface area contributed by atoms with Gasteiger partial charge in [0.1, 0.15) is 10.5 Å². The summed E-state index contributed by atoms with van der Waals surface area (Å²) in [5, 5.41) is 0. The molecule has 19 heavy (non-hydrogen) atoms. The second-order valence-electron chi connectivity index (χ2n) is 4.91. The van der Waals surface area contributed by atoms with E-state index in [-0.39, 0.29) is 0 Å². The standard InChI is InChI=1S/C15H16N2OS/c1-10-3-2-4-11(7-10)8-14-16-13-5-6-18-9-12(13)15(19)17-14/h2-4,7H,5-6,8-9H2,1H3,(H,16,17,19). The number of aromatic amines is 1. The maximum absolute atomic E-state index is 5.42. The van der Waals surface area contributed by atoms with Gasteiger partial charge in [-0.2, -0.15) is 0 Å². The van der Waals surface area contributed by atoms with Gasteiger partial charge in [-0.05, 0) is 12.5 Å². The predicted octanol–water partition coefficient (Wildman–Crippen LogP) is 3.11. The number of hydrogen-bond acceptors (Lipinski definition) is 3. The normalized spacial score (nSPS) is 14.2. The lowest BCUT2D eigenvalue weighted by Gasteiger charge is -2.17. The van der Waals surface area contributed by atoms with Crippen molar-refractivity contribution in [3.63, 3.8) is 0 Å². The van der Waals surface area contributed by atoms with Crippen LogP contribution in [0.1, 0.15) is 28.2 Å². The Morgan fingerprint density at radius 3 is 3.16 bits per heavy atom. The molecule has 0 aliphatic carbocycles. The predicted molar refractivity (Wildman–Crippen MR) is 76.8 cm³/mol. The van der Waals surface area contributed by atoms with Crippen LogP contribution in [0, 0.1) is 11.6 Å². The van der Waals surface area contributed by atoms with Gasteiger partial charge >= 0.3 is 0 Å². The van der Waals surface area contributed by atoms with E-state index < -0.39 is 0 Å². The summed E-state index contributed by atoms with van der Waals surface area (Å²) in [6.07, 6.45) is 1.68. The van der Waals surface area contributed by atoms with Gasteiger partial charge < -0.3 is 9.72 Å². The van der Waals surface area contributed by atoms with E-state index in [1.807, 2.05) is 0 Å². The number of hydrogen-bond donors (Lipinski definition) is 1. The molecule has 0 bridgehead atoms. The molecule has 2 heterocycles. The maximum atomic E-state index is 5.42. The molecular weight excluding hydrogens is 256 g/mol. The third-order valence-electron chi connectivity index (χ3n) is 3.35. The number of aryl methyl sites for hydroxylation is 1. The van der Waals surface area contributed by atoms with E-state index >= 15 is 0 Å². The fourth-order valence-corrected chi connectivity index (χ4v) is 2.70. The summed E-state index contributed by atoms with van der Waals surface area (Å²) in [6.45, 7) is 3.44. The SMILES string of the molecule is Cc1cccc(Cc2nc(=S)c3c([nH]2)CCOC3)c1. The highest BCUT2D eigenvalue weighted by atomic mass is 32.1. The molecule has 0 unspecified atom stereocenters. The van der Waals surface area contributed by atoms with Crippen molar-refractivity contribution >= 4 is 12.2 Å². The summed E-state index contributed by atoms with van der Waals surface area (Å²) >= 11 is 5.36. The van der Waals surface area contributed by atoms with Crippen LogP contribution in [0.5, 0.6) is 0 Å². The van der Waals surface area contributed by atoms with Gasteiger partial charge in [0.05, 0.1) is 13.2 Å². The van der Waals surface area contributed by atoms with Crippen LogP contribution >= 0.6 is 12.2 Å². The summed E-state index contributed by atoms with van der Waals surface area (Å²) in [4.78, 5) is 7.91. The molecule has 0 saturated heterocycles. The highest BCUT2D eigenvalue weighted by Crippen LogP contribution is 2.17. The Morgan fingerprint density at radius 1 is 1.42 bits per heavy atom. The van der Waals surface area contributed by atoms with E-state index in [1.165, 1.54) is 16.8 Å². The molecule has 0 radical (unpaired) electrons. The van der Waals surface area contributed by atoms with Gasteiger partial charge in [-0.25, -0.2) is 4.98 Å². The summed E-state index contributed by atoms with van der Waals surface area (Å²) in [5.74, 6) is 0.941. The number of rotatable bonds is 2. The van der Waals surface area contributed by atoms with Gasteiger partial charge in [-0.15, -0.1) is 0 Å². The summed E-state index contributed by atoms with van der Waals surface area (Å²) < 4.78 is 6.10. The lowest BCUT2D eigenvalue weighted by molar-refractivity contribution is 0.108. The fourth-order valence-electron chi connectivity index (χ4n) is 2.41. The molecule has 3 rings (SSSR count). The van der Waals surface area contributed by atoms with Crippen LogP contribution in [0.2, 0.25) is 0 Å². The molecule has 2 aromatic rings. The van der Waals surface area contributed by atoms with E-state index in [9.17, 15) is 0 Å². The zero-order valence-corrected chi connectivity index (χ0v) is 11.7. The van der Waals surface area contributed by atoms with E-state index in [2.05, 4.69) is 41.2 Å². The molecular formula is C15H16N2OS. The largest absolute Gasteiger partial charge is 0.376 e. The molecule has 0 saturated carbocycles. The third kappa shape index (κ3) is 2.74. The highest BCUT2D eigenvalue weighted by Gasteiger charge is 2.13. The van der Waals surface area contributed by atoms with Gasteiger partial charge in [0.15, 0.2) is 0 Å². The van der Waals surface area contributed by atoms with Gasteiger partial charge in [-0.3, -0.25) is 0 Å². The molecule has 98 valence electrons. The minimum absolute atomic E-state index is 0.586. The van der Waals surface area contributed by atoms with Crippen LogP contribution in [0.25, 0.3) is 0 Å². The van der Waals surface area contributed by atoms with Gasteiger partial charge in [0.25, 0.3) is 0 Å². The van der Waals surface area contributed by atoms with Crippen molar-refractivity contribution in [1.29, 1.82) is 0 Å². The molecule has 1 aromatic carbocycles. The monoisotopic (exact) mass is 272 g/mol. The first-order valence-corrected chi connectivity index (χ1v) is 6.87. The number of benzene rings is 1. The molecule has 0 spiro atoms. The van der Waals surface area contributed by atoms with Crippen LogP contribution in [0.15, 0.2) is 24.3 Å². The Balaban J connectivity index is 1.94. The second-order valence-corrected chi connectivity index (χ2v) is 5.30. The van der Waals surface area contributed by atoms with Crippen LogP contribution in [-0.2, 0) is 24.2 Å². The summed E-state index contributed by atoms with van der Waals surface area (Å²) in [5.41, 5.74) is 4.76. The highest BCUT2D eigenvalue weighted by molar-refractivity contribution is 7.71. The number of ether oxygens (including phenoxy) is 1. The fraction of sp³-hybridized carbons (Fsp3) is 0.333. The molecule has 0 atom stereocenters. The average Bonchev–Trinajstić information content (AvgIpc) is 2.39. The van der Waals surface area contributed by atoms with Crippen molar-refractivity contribution in [2.75, 3.05) is 6.61 Å². The Labute approximate surface area is 117 Å². The van der Waals surface area contributed by atoms with E-state index in [1.54, 1.807) is 0 Å². The quantitative estimate of drug-likeness (QED) is 0.854. The molecule has 0 fully saturated rings. The number of nitrogens with one attached hydrogen (secondary N) is 1. The van der Waals surface area contributed by atoms with Crippen molar-refractivity contribution in [3.8, 4) is 0 Å². The molecule has 0 amide bonds. The molecule has 3 nitrogen and oxygen atoms in total. The Kier molecular flexibility index (Phi) is 3.44. The lowest BCUT2D eigenvalue weighted by atomic mass is 10.1. The third-order valence-corrected chi connectivity index (χ3v) is 3.69. The zero-order valence-electron chi connectivity index (χ0n) is 10.9. The van der Waals surface area contributed by atoms with E-state index in [0.717, 1.165) is 30.8 Å². The van der Waals surface area contributed by atoms with E-state index in [0.29, 0.717) is 11.2 Å². The van der Waals surface area contributed by atoms with Gasteiger partial charge in [-0.1, -0.05) is 42.0 Å². The van der Waals surface area contributed by atoms with Crippen LogP contribution in [-0.4, -0.2) is 16.6 Å². The maximum Gasteiger partial charge on any atom is 0.135 e. The van der Waals surface area contributed by atoms with Crippen LogP contribution in [0.3, 0.4) is 0 Å². The number of H-pyrrole nitrogens is 1. The Bertz CT molecular complexity index is 663. The minimum Gasteiger partial charge on any atom is -0.376 e. The van der Waals surface area contributed by atoms with Crippen molar-refractivity contribution in [2.24, 2.45) is 0 Å². The molecule has 1 aliphatic rings. The Hall–Kier alpha value is -1.52. The van der Waals surface area contributed by atoms with Gasteiger partial charge in [0, 0.05) is 24.1 Å². The van der Waals surface area contributed by atoms with Crippen LogP contribution < -0.4 is 0 Å². The first kappa shape index (κ1) is 12.5. The van der Waals surface area contributed by atoms with Crippen molar-refractivity contribution < 1.29 is 4.74 Å². The second kappa shape index (κ2) is 5.23. The number of aromatic nitrogens is 2. The average molecular weight is 272 g/mol. The van der Waals surface area contributed by atoms with Crippen molar-refractivity contribution in [2.45, 2.75) is 26.4 Å². The first-order chi connectivity index (χ1) is 9.22. The minimum atomic E-state index is 0.586. The Morgan fingerprint density at radius 2 is 2.32 bits per heavy atom. The van der Waals surface area contributed by atoms with Crippen molar-refractivity contribution in [1.82, 2.24) is 9.97 Å². The lowest BCUT2D eigenvalue weighted by Crippen LogP contribution is -2.15.